The first-order chi connectivity index (χ1) is 13.9. The zero-order valence-corrected chi connectivity index (χ0v) is 16.7. The number of benzene rings is 1. The number of carbonyl (C=O) groups is 3. The van der Waals surface area contributed by atoms with E-state index in [-0.39, 0.29) is 36.1 Å². The molecule has 3 fully saturated rings. The minimum atomic E-state index is -0.751. The highest BCUT2D eigenvalue weighted by Crippen LogP contribution is 2.32. The lowest BCUT2D eigenvalue weighted by atomic mass is 9.87. The minimum Gasteiger partial charge on any atom is -0.342 e. The molecule has 4 rings (SSSR count). The summed E-state index contributed by atoms with van der Waals surface area (Å²) in [6.45, 7) is 2.60. The molecule has 156 valence electrons. The number of imide groups is 1. The highest BCUT2D eigenvalue weighted by Gasteiger charge is 2.54. The van der Waals surface area contributed by atoms with Crippen LogP contribution in [0.3, 0.4) is 0 Å². The third-order valence-electron chi connectivity index (χ3n) is 6.48. The van der Waals surface area contributed by atoms with E-state index in [4.69, 9.17) is 0 Å². The molecular weight excluding hydrogens is 375 g/mol. The van der Waals surface area contributed by atoms with E-state index in [1.54, 1.807) is 17.0 Å². The largest absolute Gasteiger partial charge is 0.342 e. The first kappa shape index (κ1) is 19.8. The summed E-state index contributed by atoms with van der Waals surface area (Å²) in [5.74, 6) is -0.441. The maximum Gasteiger partial charge on any atom is 0.325 e. The fraction of sp³-hybridized carbons (Fsp3) is 0.571. The molecule has 0 aliphatic carbocycles. The van der Waals surface area contributed by atoms with Gasteiger partial charge in [-0.2, -0.15) is 0 Å². The Labute approximate surface area is 169 Å². The number of nitrogens with zero attached hydrogens (tertiary/aromatic N) is 3. The van der Waals surface area contributed by atoms with Crippen molar-refractivity contribution in [1.82, 2.24) is 20.0 Å². The summed E-state index contributed by atoms with van der Waals surface area (Å²) in [6, 6.07) is 5.48. The number of hydrogen-bond donors (Lipinski definition) is 1. The first-order valence-corrected chi connectivity index (χ1v) is 10.2. The lowest BCUT2D eigenvalue weighted by Crippen LogP contribution is -2.55. The molecular formula is C21H27FN4O3. The van der Waals surface area contributed by atoms with Crippen LogP contribution in [0, 0.1) is 5.82 Å². The van der Waals surface area contributed by atoms with Crippen molar-refractivity contribution < 1.29 is 18.8 Å². The number of urea groups is 1. The van der Waals surface area contributed by atoms with Gasteiger partial charge in [-0.3, -0.25) is 14.5 Å². The molecule has 0 bridgehead atoms. The predicted molar refractivity (Wildman–Crippen MR) is 105 cm³/mol. The third-order valence-corrected chi connectivity index (χ3v) is 6.48. The maximum absolute atomic E-state index is 13.1. The topological polar surface area (TPSA) is 73.0 Å². The van der Waals surface area contributed by atoms with Crippen molar-refractivity contribution in [3.05, 3.63) is 35.6 Å². The molecule has 0 radical (unpaired) electrons. The summed E-state index contributed by atoms with van der Waals surface area (Å²) >= 11 is 0. The molecule has 4 amide bonds. The van der Waals surface area contributed by atoms with Crippen LogP contribution in [0.15, 0.2) is 24.3 Å². The van der Waals surface area contributed by atoms with Crippen LogP contribution < -0.4 is 5.32 Å². The summed E-state index contributed by atoms with van der Waals surface area (Å²) < 4.78 is 13.0. The normalized spacial score (nSPS) is 23.0. The van der Waals surface area contributed by atoms with E-state index < -0.39 is 5.54 Å². The molecule has 0 atom stereocenters. The molecule has 1 aromatic rings. The van der Waals surface area contributed by atoms with E-state index in [0.717, 1.165) is 18.7 Å². The molecule has 0 unspecified atom stereocenters. The Hall–Kier alpha value is -2.48. The summed E-state index contributed by atoms with van der Waals surface area (Å²) in [5.41, 5.74) is 0.0240. The van der Waals surface area contributed by atoms with Crippen molar-refractivity contribution in [2.75, 3.05) is 33.2 Å². The Morgan fingerprint density at radius 1 is 1.10 bits per heavy atom. The van der Waals surface area contributed by atoms with Crippen LogP contribution in [-0.4, -0.2) is 77.4 Å². The monoisotopic (exact) mass is 402 g/mol. The Morgan fingerprint density at radius 3 is 2.34 bits per heavy atom. The van der Waals surface area contributed by atoms with E-state index in [0.29, 0.717) is 38.8 Å². The van der Waals surface area contributed by atoms with Gasteiger partial charge in [-0.15, -0.1) is 0 Å². The van der Waals surface area contributed by atoms with Gasteiger partial charge in [-0.25, -0.2) is 9.18 Å². The zero-order valence-electron chi connectivity index (χ0n) is 16.7. The molecule has 3 aliphatic rings. The molecule has 0 saturated carbocycles. The van der Waals surface area contributed by atoms with Crippen molar-refractivity contribution in [2.24, 2.45) is 0 Å². The predicted octanol–water partition coefficient (Wildman–Crippen LogP) is 1.38. The van der Waals surface area contributed by atoms with Gasteiger partial charge in [0.1, 0.15) is 11.4 Å². The van der Waals surface area contributed by atoms with Crippen LogP contribution in [0.1, 0.15) is 31.2 Å². The maximum atomic E-state index is 13.1. The van der Waals surface area contributed by atoms with Crippen molar-refractivity contribution in [1.29, 1.82) is 0 Å². The van der Waals surface area contributed by atoms with Gasteiger partial charge < -0.3 is 15.1 Å². The third kappa shape index (κ3) is 3.85. The molecule has 3 aliphatic heterocycles. The molecule has 1 N–H and O–H groups in total. The van der Waals surface area contributed by atoms with E-state index >= 15 is 0 Å². The number of nitrogens with one attached hydrogen (secondary N) is 1. The Morgan fingerprint density at radius 2 is 1.72 bits per heavy atom. The standard InChI is InChI=1S/C21H27FN4O3/c1-24-12-8-21(9-13-24)19(28)26(20(29)23-21)17-6-10-25(11-7-17)18(27)14-15-2-4-16(22)5-3-15/h2-5,17H,6-14H2,1H3,(H,23,29). The molecule has 8 heteroatoms. The van der Waals surface area contributed by atoms with Gasteiger partial charge in [-0.1, -0.05) is 12.1 Å². The van der Waals surface area contributed by atoms with Gasteiger partial charge >= 0.3 is 6.03 Å². The fourth-order valence-electron chi connectivity index (χ4n) is 4.57. The molecule has 0 aromatic heterocycles. The van der Waals surface area contributed by atoms with Crippen molar-refractivity contribution >= 4 is 17.8 Å². The lowest BCUT2D eigenvalue weighted by Gasteiger charge is -2.37. The van der Waals surface area contributed by atoms with Crippen LogP contribution in [0.4, 0.5) is 9.18 Å². The Bertz CT molecular complexity index is 797. The number of carbonyl (C=O) groups excluding carboxylic acids is 3. The SMILES string of the molecule is CN1CCC2(CC1)NC(=O)N(C1CCN(C(=O)Cc3ccc(F)cc3)CC1)C2=O. The first-order valence-electron chi connectivity index (χ1n) is 10.2. The quantitative estimate of drug-likeness (QED) is 0.776. The highest BCUT2D eigenvalue weighted by molar-refractivity contribution is 6.07. The van der Waals surface area contributed by atoms with Crippen LogP contribution in [0.5, 0.6) is 0 Å². The van der Waals surface area contributed by atoms with Crippen LogP contribution in [-0.2, 0) is 16.0 Å². The van der Waals surface area contributed by atoms with Crippen LogP contribution >= 0.6 is 0 Å². The minimum absolute atomic E-state index is 0.0148. The van der Waals surface area contributed by atoms with Gasteiger partial charge in [0, 0.05) is 32.2 Å². The molecule has 7 nitrogen and oxygen atoms in total. The van der Waals surface area contributed by atoms with Crippen LogP contribution in [0.25, 0.3) is 0 Å². The second kappa shape index (κ2) is 7.74. The average molecular weight is 402 g/mol. The van der Waals surface area contributed by atoms with Crippen molar-refractivity contribution in [3.8, 4) is 0 Å². The number of halogens is 1. The molecule has 29 heavy (non-hydrogen) atoms. The van der Waals surface area contributed by atoms with Crippen molar-refractivity contribution in [2.45, 2.75) is 43.7 Å². The summed E-state index contributed by atoms with van der Waals surface area (Å²) in [7, 11) is 2.02. The summed E-state index contributed by atoms with van der Waals surface area (Å²) in [6.07, 6.45) is 2.68. The van der Waals surface area contributed by atoms with Crippen LogP contribution in [0.2, 0.25) is 0 Å². The van der Waals surface area contributed by atoms with Gasteiger partial charge in [0.25, 0.3) is 5.91 Å². The fourth-order valence-corrected chi connectivity index (χ4v) is 4.57. The van der Waals surface area contributed by atoms with E-state index in [2.05, 4.69) is 10.2 Å². The molecule has 3 saturated heterocycles. The van der Waals surface area contributed by atoms with Gasteiger partial charge in [0.15, 0.2) is 0 Å². The highest BCUT2D eigenvalue weighted by atomic mass is 19.1. The number of amides is 4. The molecule has 3 heterocycles. The molecule has 1 aromatic carbocycles. The second-order valence-corrected chi connectivity index (χ2v) is 8.41. The Kier molecular flexibility index (Phi) is 5.29. The summed E-state index contributed by atoms with van der Waals surface area (Å²) in [4.78, 5) is 43.6. The zero-order chi connectivity index (χ0) is 20.6. The number of likely N-dealkylation sites (tertiary alicyclic amines) is 2. The van der Waals surface area contributed by atoms with E-state index in [1.807, 2.05) is 7.05 Å². The number of hydrogen-bond acceptors (Lipinski definition) is 4. The van der Waals surface area contributed by atoms with E-state index in [1.165, 1.54) is 17.0 Å². The lowest BCUT2D eigenvalue weighted by molar-refractivity contribution is -0.136. The van der Waals surface area contributed by atoms with Gasteiger partial charge in [0.05, 0.1) is 6.42 Å². The van der Waals surface area contributed by atoms with Crippen molar-refractivity contribution in [3.63, 3.8) is 0 Å². The summed E-state index contributed by atoms with van der Waals surface area (Å²) in [5, 5.41) is 2.96. The second-order valence-electron chi connectivity index (χ2n) is 8.41. The van der Waals surface area contributed by atoms with E-state index in [9.17, 15) is 18.8 Å². The Balaban J connectivity index is 1.34. The van der Waals surface area contributed by atoms with Gasteiger partial charge in [-0.05, 0) is 50.4 Å². The average Bonchev–Trinajstić information content (AvgIpc) is 2.96. The smallest absolute Gasteiger partial charge is 0.325 e. The van der Waals surface area contributed by atoms with Gasteiger partial charge in [0.2, 0.25) is 5.91 Å². The number of rotatable bonds is 3. The number of piperidine rings is 2. The molecule has 1 spiro atoms.